The summed E-state index contributed by atoms with van der Waals surface area (Å²) in [6.45, 7) is 13.5. The molecule has 0 spiro atoms. The van der Waals surface area contributed by atoms with Gasteiger partial charge in [-0.2, -0.15) is 0 Å². The fourth-order valence-electron chi connectivity index (χ4n) is 5.57. The second kappa shape index (κ2) is 19.4. The highest BCUT2D eigenvalue weighted by Gasteiger charge is 2.23. The molecule has 2 unspecified atom stereocenters. The van der Waals surface area contributed by atoms with Crippen LogP contribution in [-0.2, 0) is 4.79 Å². The molecule has 4 saturated heterocycles. The van der Waals surface area contributed by atoms with Crippen LogP contribution in [0.3, 0.4) is 0 Å². The van der Waals surface area contributed by atoms with Crippen molar-refractivity contribution in [1.82, 2.24) is 30.2 Å². The zero-order valence-electron chi connectivity index (χ0n) is 22.7. The van der Waals surface area contributed by atoms with Gasteiger partial charge in [0.2, 0.25) is 0 Å². The van der Waals surface area contributed by atoms with Crippen molar-refractivity contribution in [1.29, 1.82) is 0 Å². The molecule has 35 heavy (non-hydrogen) atoms. The van der Waals surface area contributed by atoms with E-state index in [0.29, 0.717) is 5.92 Å². The summed E-state index contributed by atoms with van der Waals surface area (Å²) in [4.78, 5) is 17.7. The number of nitrogens with zero attached hydrogens (tertiary/aromatic N) is 3. The summed E-state index contributed by atoms with van der Waals surface area (Å²) in [6.07, 6.45) is 11.4. The maximum Gasteiger partial charge on any atom is 0.123 e. The zero-order chi connectivity index (χ0) is 25.3. The summed E-state index contributed by atoms with van der Waals surface area (Å²) in [5.41, 5.74) is 0. The summed E-state index contributed by atoms with van der Waals surface area (Å²) in [5, 5.41) is 9.70. The van der Waals surface area contributed by atoms with Gasteiger partial charge in [0.25, 0.3) is 0 Å². The van der Waals surface area contributed by atoms with Crippen LogP contribution in [0.5, 0.6) is 0 Å². The monoisotopic (exact) mass is 530 g/mol. The van der Waals surface area contributed by atoms with Crippen molar-refractivity contribution in [2.45, 2.75) is 51.4 Å². The Balaban J connectivity index is 0.000000203. The number of hydrogen-bond donors (Lipinski definition) is 3. The Morgan fingerprint density at radius 2 is 1.17 bits per heavy atom. The highest BCUT2D eigenvalue weighted by molar-refractivity contribution is 7.13. The number of piperidine rings is 4. The summed E-state index contributed by atoms with van der Waals surface area (Å²) in [5.74, 6) is 3.12. The molecule has 0 saturated carbocycles. The van der Waals surface area contributed by atoms with Crippen molar-refractivity contribution in [2.24, 2.45) is 23.7 Å². The van der Waals surface area contributed by atoms with Gasteiger partial charge in [0.05, 0.1) is 0 Å². The molecule has 4 rings (SSSR count). The van der Waals surface area contributed by atoms with Crippen molar-refractivity contribution < 1.29 is 4.79 Å². The minimum atomic E-state index is 0.348. The number of rotatable bonds is 7. The third-order valence-corrected chi connectivity index (χ3v) is 8.76. The van der Waals surface area contributed by atoms with E-state index in [4.69, 9.17) is 0 Å². The van der Waals surface area contributed by atoms with Crippen LogP contribution in [0.2, 0.25) is 0 Å². The Labute approximate surface area is 221 Å². The standard InChI is InChI=1S/C13H28N3P.C7H13NO.C6H15N2P/c1-15-6-2-13(3-7-15)11-16-8-4-12(5-9-16)10-14-17;1-8-4-2-7(6-9)3-5-8;9-8-5-6-1-3-7-4-2-6/h12-14H,2-11,17H2,1H3;6-7H,2-5H2,1H3;6-8H,1-5,9H2. The van der Waals surface area contributed by atoms with E-state index in [-0.39, 0.29) is 0 Å². The largest absolute Gasteiger partial charge is 0.317 e. The molecule has 206 valence electrons. The second-order valence-electron chi connectivity index (χ2n) is 11.3. The first-order chi connectivity index (χ1) is 17.0. The average molecular weight is 531 g/mol. The lowest BCUT2D eigenvalue weighted by Gasteiger charge is -2.36. The van der Waals surface area contributed by atoms with Crippen LogP contribution in [-0.4, -0.2) is 107 Å². The highest BCUT2D eigenvalue weighted by Crippen LogP contribution is 2.22. The van der Waals surface area contributed by atoms with E-state index in [2.05, 4.69) is 63.1 Å². The molecule has 0 aromatic carbocycles. The lowest BCUT2D eigenvalue weighted by atomic mass is 9.93. The molecule has 2 atom stereocenters. The number of carbonyl (C=O) groups is 1. The summed E-state index contributed by atoms with van der Waals surface area (Å²) in [7, 11) is 9.53. The number of aldehydes is 1. The van der Waals surface area contributed by atoms with E-state index in [1.165, 1.54) is 90.9 Å². The molecule has 3 N–H and O–H groups in total. The van der Waals surface area contributed by atoms with E-state index >= 15 is 0 Å². The zero-order valence-corrected chi connectivity index (χ0v) is 25.0. The van der Waals surface area contributed by atoms with Crippen molar-refractivity contribution in [3.05, 3.63) is 0 Å². The van der Waals surface area contributed by atoms with Gasteiger partial charge in [-0.15, -0.1) is 0 Å². The molecule has 0 radical (unpaired) electrons. The first kappa shape index (κ1) is 31.5. The molecule has 7 nitrogen and oxygen atoms in total. The summed E-state index contributed by atoms with van der Waals surface area (Å²) >= 11 is 0. The average Bonchev–Trinajstić information content (AvgIpc) is 2.89. The number of nitrogens with one attached hydrogen (secondary N) is 3. The van der Waals surface area contributed by atoms with Gasteiger partial charge in [0, 0.05) is 25.6 Å². The molecule has 4 heterocycles. The Kier molecular flexibility index (Phi) is 17.4. The number of likely N-dealkylation sites (tertiary alicyclic amines) is 3. The molecule has 0 aromatic heterocycles. The van der Waals surface area contributed by atoms with E-state index in [1.54, 1.807) is 0 Å². The van der Waals surface area contributed by atoms with Gasteiger partial charge < -0.3 is 35.0 Å². The van der Waals surface area contributed by atoms with Crippen LogP contribution >= 0.6 is 18.8 Å². The Hall–Kier alpha value is 0.290. The minimum Gasteiger partial charge on any atom is -0.317 e. The van der Waals surface area contributed by atoms with Gasteiger partial charge >= 0.3 is 0 Å². The fraction of sp³-hybridized carbons (Fsp3) is 0.962. The van der Waals surface area contributed by atoms with Crippen LogP contribution in [0.1, 0.15) is 51.4 Å². The highest BCUT2D eigenvalue weighted by atomic mass is 31.0. The van der Waals surface area contributed by atoms with E-state index < -0.39 is 0 Å². The van der Waals surface area contributed by atoms with Crippen LogP contribution in [0.4, 0.5) is 0 Å². The first-order valence-corrected chi connectivity index (χ1v) is 15.3. The van der Waals surface area contributed by atoms with Crippen molar-refractivity contribution in [2.75, 3.05) is 86.1 Å². The lowest BCUT2D eigenvalue weighted by Crippen LogP contribution is -2.41. The molecule has 9 heteroatoms. The SMILES string of the molecule is CN1CCC(C=O)CC1.CN1CCC(CN2CCC(CNP)CC2)CC1.PNCC1CCNCC1. The van der Waals surface area contributed by atoms with E-state index in [9.17, 15) is 4.79 Å². The molecular formula is C26H56N6OP2. The normalized spacial score (nSPS) is 24.8. The van der Waals surface area contributed by atoms with Gasteiger partial charge in [0.15, 0.2) is 0 Å². The molecule has 0 aromatic rings. The van der Waals surface area contributed by atoms with Gasteiger partial charge in [-0.05, 0) is 136 Å². The summed E-state index contributed by atoms with van der Waals surface area (Å²) in [6, 6.07) is 0. The first-order valence-electron chi connectivity index (χ1n) is 14.2. The third kappa shape index (κ3) is 14.1. The van der Waals surface area contributed by atoms with Crippen molar-refractivity contribution in [3.8, 4) is 0 Å². The predicted molar refractivity (Wildman–Crippen MR) is 157 cm³/mol. The quantitative estimate of drug-likeness (QED) is 0.345. The Morgan fingerprint density at radius 3 is 1.66 bits per heavy atom. The fourth-order valence-corrected chi connectivity index (χ4v) is 6.23. The van der Waals surface area contributed by atoms with E-state index in [1.807, 2.05) is 0 Å². The van der Waals surface area contributed by atoms with Crippen LogP contribution < -0.4 is 15.5 Å². The second-order valence-corrected chi connectivity index (χ2v) is 12.1. The van der Waals surface area contributed by atoms with Gasteiger partial charge in [-0.25, -0.2) is 0 Å². The molecule has 0 aliphatic carbocycles. The Bertz CT molecular complexity index is 513. The number of hydrogen-bond acceptors (Lipinski definition) is 7. The third-order valence-electron chi connectivity index (χ3n) is 8.29. The van der Waals surface area contributed by atoms with Crippen LogP contribution in [0, 0.1) is 23.7 Å². The summed E-state index contributed by atoms with van der Waals surface area (Å²) < 4.78 is 0. The molecule has 4 fully saturated rings. The number of carbonyl (C=O) groups excluding carboxylic acids is 1. The molecule has 0 bridgehead atoms. The van der Waals surface area contributed by atoms with Crippen LogP contribution in [0.25, 0.3) is 0 Å². The lowest BCUT2D eigenvalue weighted by molar-refractivity contribution is -0.112. The van der Waals surface area contributed by atoms with Crippen molar-refractivity contribution >= 4 is 25.1 Å². The molecule has 0 amide bonds. The topological polar surface area (TPSA) is 62.9 Å². The maximum absolute atomic E-state index is 10.2. The van der Waals surface area contributed by atoms with Crippen LogP contribution in [0.15, 0.2) is 0 Å². The van der Waals surface area contributed by atoms with E-state index in [0.717, 1.165) is 56.5 Å². The molecule has 4 aliphatic heterocycles. The predicted octanol–water partition coefficient (Wildman–Crippen LogP) is 2.31. The van der Waals surface area contributed by atoms with Gasteiger partial charge in [-0.3, -0.25) is 0 Å². The Morgan fingerprint density at radius 1 is 0.714 bits per heavy atom. The van der Waals surface area contributed by atoms with Gasteiger partial charge in [0.1, 0.15) is 6.29 Å². The molecule has 4 aliphatic rings. The molecular weight excluding hydrogens is 474 g/mol. The van der Waals surface area contributed by atoms with Crippen molar-refractivity contribution in [3.63, 3.8) is 0 Å². The van der Waals surface area contributed by atoms with Gasteiger partial charge in [-0.1, -0.05) is 18.8 Å². The smallest absolute Gasteiger partial charge is 0.123 e. The minimum absolute atomic E-state index is 0.348. The maximum atomic E-state index is 10.2.